The van der Waals surface area contributed by atoms with E-state index in [9.17, 15) is 18.0 Å². The molecule has 0 fully saturated rings. The largest absolute Gasteiger partial charge is 0.497 e. The summed E-state index contributed by atoms with van der Waals surface area (Å²) in [5.74, 6) is -0.220. The van der Waals surface area contributed by atoms with E-state index in [1.807, 2.05) is 68.4 Å². The van der Waals surface area contributed by atoms with Crippen molar-refractivity contribution in [3.8, 4) is 11.5 Å². The van der Waals surface area contributed by atoms with Gasteiger partial charge in [-0.1, -0.05) is 65.3 Å². The van der Waals surface area contributed by atoms with E-state index in [1.54, 1.807) is 12.1 Å². The van der Waals surface area contributed by atoms with Crippen LogP contribution in [-0.2, 0) is 32.6 Å². The average molecular weight is 661 g/mol. The summed E-state index contributed by atoms with van der Waals surface area (Å²) in [4.78, 5) is 29.5. The van der Waals surface area contributed by atoms with Gasteiger partial charge in [-0.25, -0.2) is 8.42 Å². The summed E-state index contributed by atoms with van der Waals surface area (Å²) in [6.07, 6.45) is 1.97. The van der Waals surface area contributed by atoms with Crippen LogP contribution in [0.4, 0.5) is 5.69 Å². The lowest BCUT2D eigenvalue weighted by Crippen LogP contribution is -2.54. The summed E-state index contributed by atoms with van der Waals surface area (Å²) in [7, 11) is -1.09. The first-order valence-corrected chi connectivity index (χ1v) is 16.2. The van der Waals surface area contributed by atoms with Gasteiger partial charge in [0.2, 0.25) is 21.8 Å². The molecule has 226 valence electrons. The highest BCUT2D eigenvalue weighted by Crippen LogP contribution is 2.34. The van der Waals surface area contributed by atoms with E-state index in [0.29, 0.717) is 12.2 Å². The smallest absolute Gasteiger partial charge is 0.244 e. The molecule has 0 aromatic heterocycles. The van der Waals surface area contributed by atoms with E-state index in [4.69, 9.17) is 9.47 Å². The fourth-order valence-corrected chi connectivity index (χ4v) is 5.71. The molecule has 0 saturated heterocycles. The number of anilines is 1. The number of hydrogen-bond acceptors (Lipinski definition) is 6. The second-order valence-electron chi connectivity index (χ2n) is 9.98. The minimum Gasteiger partial charge on any atom is -0.497 e. The normalized spacial score (nSPS) is 12.6. The van der Waals surface area contributed by atoms with Crippen LogP contribution in [0.3, 0.4) is 0 Å². The van der Waals surface area contributed by atoms with Crippen molar-refractivity contribution in [2.24, 2.45) is 0 Å². The number of hydrogen-bond donors (Lipinski definition) is 1. The van der Waals surface area contributed by atoms with Gasteiger partial charge in [0.1, 0.15) is 24.1 Å². The van der Waals surface area contributed by atoms with Crippen LogP contribution in [0, 0.1) is 0 Å². The van der Waals surface area contributed by atoms with E-state index in [-0.39, 0.29) is 36.4 Å². The van der Waals surface area contributed by atoms with Crippen molar-refractivity contribution in [3.05, 3.63) is 88.4 Å². The quantitative estimate of drug-likeness (QED) is 0.267. The molecule has 3 rings (SSSR count). The number of sulfonamides is 1. The first kappa shape index (κ1) is 32.9. The Hall–Kier alpha value is -3.57. The number of ether oxygens (including phenoxy) is 2. The molecule has 0 radical (unpaired) electrons. The maximum absolute atomic E-state index is 14.3. The predicted octanol–water partition coefficient (Wildman–Crippen LogP) is 4.79. The summed E-state index contributed by atoms with van der Waals surface area (Å²) >= 11 is 3.48. The van der Waals surface area contributed by atoms with Crippen molar-refractivity contribution in [2.75, 3.05) is 31.3 Å². The Morgan fingerprint density at radius 1 is 0.952 bits per heavy atom. The Balaban J connectivity index is 2.11. The molecule has 11 heteroatoms. The highest BCUT2D eigenvalue weighted by Gasteiger charge is 2.34. The van der Waals surface area contributed by atoms with Crippen LogP contribution in [0.15, 0.2) is 77.3 Å². The Morgan fingerprint density at radius 3 is 2.24 bits per heavy atom. The number of amides is 2. The SMILES string of the molecule is CC[C@H](C)NC(=O)[C@H](Cc1ccccc1)N(Cc1cccc(Br)c1)C(=O)CN(c1cc(OC)ccc1OC)S(C)(=O)=O. The van der Waals surface area contributed by atoms with E-state index in [1.165, 1.54) is 25.2 Å². The first-order chi connectivity index (χ1) is 20.0. The van der Waals surface area contributed by atoms with Gasteiger partial charge in [-0.15, -0.1) is 0 Å². The first-order valence-electron chi connectivity index (χ1n) is 13.5. The Labute approximate surface area is 257 Å². The molecule has 42 heavy (non-hydrogen) atoms. The minimum absolute atomic E-state index is 0.0799. The standard InChI is InChI=1S/C31H38BrN3O6S/c1-6-22(2)33-31(37)28(18-23-11-8-7-9-12-23)34(20-24-13-10-14-25(32)17-24)30(36)21-35(42(5,38)39)27-19-26(40-3)15-16-29(27)41-4/h7-17,19,22,28H,6,18,20-21H2,1-5H3,(H,33,37)/t22-,28-/m0/s1. The van der Waals surface area contributed by atoms with Crippen LogP contribution in [-0.4, -0.2) is 64.2 Å². The molecule has 1 N–H and O–H groups in total. The Bertz CT molecular complexity index is 1470. The van der Waals surface area contributed by atoms with E-state index in [2.05, 4.69) is 21.2 Å². The van der Waals surface area contributed by atoms with Crippen LogP contribution in [0.2, 0.25) is 0 Å². The third-order valence-corrected chi connectivity index (χ3v) is 8.47. The van der Waals surface area contributed by atoms with Gasteiger partial charge in [0.15, 0.2) is 0 Å². The molecule has 3 aromatic carbocycles. The second kappa shape index (κ2) is 15.1. The van der Waals surface area contributed by atoms with Crippen molar-refractivity contribution >= 4 is 43.5 Å². The van der Waals surface area contributed by atoms with Gasteiger partial charge < -0.3 is 19.7 Å². The van der Waals surface area contributed by atoms with Gasteiger partial charge in [0, 0.05) is 29.5 Å². The molecule has 0 unspecified atom stereocenters. The number of rotatable bonds is 14. The molecule has 9 nitrogen and oxygen atoms in total. The summed E-state index contributed by atoms with van der Waals surface area (Å²) < 4.78 is 38.8. The highest BCUT2D eigenvalue weighted by molar-refractivity contribution is 9.10. The highest BCUT2D eigenvalue weighted by atomic mass is 79.9. The number of benzene rings is 3. The van der Waals surface area contributed by atoms with Crippen molar-refractivity contribution in [3.63, 3.8) is 0 Å². The number of nitrogens with zero attached hydrogens (tertiary/aromatic N) is 2. The van der Waals surface area contributed by atoms with Gasteiger partial charge in [-0.3, -0.25) is 13.9 Å². The van der Waals surface area contributed by atoms with Gasteiger partial charge in [0.05, 0.1) is 26.2 Å². The topological polar surface area (TPSA) is 105 Å². The van der Waals surface area contributed by atoms with Gasteiger partial charge in [-0.2, -0.15) is 0 Å². The monoisotopic (exact) mass is 659 g/mol. The van der Waals surface area contributed by atoms with Crippen LogP contribution in [0.1, 0.15) is 31.4 Å². The fraction of sp³-hybridized carbons (Fsp3) is 0.355. The Kier molecular flexibility index (Phi) is 11.8. The third-order valence-electron chi connectivity index (χ3n) is 6.85. The number of methoxy groups -OCH3 is 2. The molecule has 0 aliphatic rings. The molecular weight excluding hydrogens is 622 g/mol. The maximum atomic E-state index is 14.3. The van der Waals surface area contributed by atoms with E-state index < -0.39 is 28.5 Å². The molecule has 3 aromatic rings. The van der Waals surface area contributed by atoms with E-state index in [0.717, 1.165) is 26.2 Å². The zero-order chi connectivity index (χ0) is 30.9. The third kappa shape index (κ3) is 8.96. The van der Waals surface area contributed by atoms with Gasteiger partial charge in [0.25, 0.3) is 0 Å². The molecule has 2 atom stereocenters. The van der Waals surface area contributed by atoms with Crippen LogP contribution in [0.25, 0.3) is 0 Å². The van der Waals surface area contributed by atoms with Crippen molar-refractivity contribution < 1.29 is 27.5 Å². The number of nitrogens with one attached hydrogen (secondary N) is 1. The van der Waals surface area contributed by atoms with Crippen molar-refractivity contribution in [1.29, 1.82) is 0 Å². The molecule has 0 aliphatic heterocycles. The lowest BCUT2D eigenvalue weighted by Gasteiger charge is -2.34. The molecular formula is C31H38BrN3O6S. The van der Waals surface area contributed by atoms with E-state index >= 15 is 0 Å². The molecule has 0 spiro atoms. The lowest BCUT2D eigenvalue weighted by atomic mass is 10.0. The summed E-state index contributed by atoms with van der Waals surface area (Å²) in [5, 5.41) is 3.02. The molecule has 0 bridgehead atoms. The summed E-state index contributed by atoms with van der Waals surface area (Å²) in [5.41, 5.74) is 1.79. The van der Waals surface area contributed by atoms with Crippen molar-refractivity contribution in [1.82, 2.24) is 10.2 Å². The fourth-order valence-electron chi connectivity index (χ4n) is 4.41. The molecule has 2 amide bonds. The van der Waals surface area contributed by atoms with Gasteiger partial charge in [-0.05, 0) is 48.7 Å². The zero-order valence-electron chi connectivity index (χ0n) is 24.5. The maximum Gasteiger partial charge on any atom is 0.244 e. The summed E-state index contributed by atoms with van der Waals surface area (Å²) in [6, 6.07) is 20.6. The molecule has 0 heterocycles. The summed E-state index contributed by atoms with van der Waals surface area (Å²) in [6.45, 7) is 3.39. The second-order valence-corrected chi connectivity index (χ2v) is 12.8. The predicted molar refractivity (Wildman–Crippen MR) is 168 cm³/mol. The number of halogens is 1. The number of carbonyl (C=O) groups is 2. The van der Waals surface area contributed by atoms with Gasteiger partial charge >= 0.3 is 0 Å². The number of carbonyl (C=O) groups excluding carboxylic acids is 2. The zero-order valence-corrected chi connectivity index (χ0v) is 26.9. The van der Waals surface area contributed by atoms with Crippen LogP contribution in [0.5, 0.6) is 11.5 Å². The van der Waals surface area contributed by atoms with Crippen LogP contribution < -0.4 is 19.1 Å². The van der Waals surface area contributed by atoms with Crippen LogP contribution >= 0.6 is 15.9 Å². The molecule has 0 saturated carbocycles. The minimum atomic E-state index is -3.97. The Morgan fingerprint density at radius 2 is 1.64 bits per heavy atom. The molecule has 0 aliphatic carbocycles. The average Bonchev–Trinajstić information content (AvgIpc) is 2.97. The lowest BCUT2D eigenvalue weighted by molar-refractivity contribution is -0.140. The van der Waals surface area contributed by atoms with Crippen molar-refractivity contribution in [2.45, 2.75) is 45.3 Å².